The maximum atomic E-state index is 10.3. The van der Waals surface area contributed by atoms with Crippen molar-refractivity contribution in [2.75, 3.05) is 0 Å². The van der Waals surface area contributed by atoms with Crippen LogP contribution in [-0.4, -0.2) is 15.3 Å². The van der Waals surface area contributed by atoms with Crippen LogP contribution in [-0.2, 0) is 0 Å². The first-order chi connectivity index (χ1) is 22.8. The topological polar surface area (TPSA) is 57.5 Å². The summed E-state index contributed by atoms with van der Waals surface area (Å²) in [7, 11) is 0. The van der Waals surface area contributed by atoms with Gasteiger partial charge in [-0.3, -0.25) is 0 Å². The third-order valence-electron chi connectivity index (χ3n) is 9.27. The van der Waals surface area contributed by atoms with Crippen molar-refractivity contribution in [2.45, 2.75) is 0 Å². The van der Waals surface area contributed by atoms with Crippen LogP contribution in [0, 0.1) is 16.7 Å². The van der Waals surface area contributed by atoms with Gasteiger partial charge >= 0.3 is 0 Å². The minimum Gasteiger partial charge on any atom is -0.308 e. The van der Waals surface area contributed by atoms with E-state index in [0.29, 0.717) is 11.1 Å². The first-order valence-electron chi connectivity index (χ1n) is 15.3. The molecule has 0 aliphatic carbocycles. The second-order valence-electron chi connectivity index (χ2n) is 11.6. The number of nitrogens with one attached hydrogen (secondary N) is 1. The second kappa shape index (κ2) is 10.1. The van der Waals surface area contributed by atoms with Crippen LogP contribution < -0.4 is 0 Å². The van der Waals surface area contributed by atoms with E-state index >= 15 is 0 Å². The molecule has 1 N–H and O–H groups in total. The molecule has 0 saturated carbocycles. The zero-order valence-corrected chi connectivity index (χ0v) is 24.8. The van der Waals surface area contributed by atoms with E-state index < -0.39 is 0 Å². The summed E-state index contributed by atoms with van der Waals surface area (Å²) in [6.45, 7) is 0. The lowest BCUT2D eigenvalue weighted by atomic mass is 10.0. The Hall–Kier alpha value is -6.44. The Labute approximate surface area is 265 Å². The highest BCUT2D eigenvalue weighted by Gasteiger charge is 2.23. The summed E-state index contributed by atoms with van der Waals surface area (Å²) in [5, 5.41) is 25.8. The molecule has 0 spiro atoms. The van der Waals surface area contributed by atoms with Gasteiger partial charge in [-0.1, -0.05) is 103 Å². The van der Waals surface area contributed by atoms with Gasteiger partial charge in [-0.05, 0) is 64.4 Å². The third-order valence-corrected chi connectivity index (χ3v) is 9.27. The number of fused-ring (bicyclic) bond motifs is 8. The fourth-order valence-corrected chi connectivity index (χ4v) is 7.28. The zero-order chi connectivity index (χ0) is 30.8. The van der Waals surface area contributed by atoms with Crippen LogP contribution in [0.15, 0.2) is 146 Å². The highest BCUT2D eigenvalue weighted by atomic mass is 15.1. The predicted molar refractivity (Wildman–Crippen MR) is 191 cm³/mol. The number of nitrogens with zero attached hydrogens (tertiary/aromatic N) is 3. The number of rotatable bonds is 4. The maximum absolute atomic E-state index is 10.3. The van der Waals surface area contributed by atoms with Crippen molar-refractivity contribution in [3.8, 4) is 28.6 Å². The van der Waals surface area contributed by atoms with Crippen LogP contribution in [0.5, 0.6) is 0 Å². The zero-order valence-electron chi connectivity index (χ0n) is 24.8. The Morgan fingerprint density at radius 3 is 1.87 bits per heavy atom. The van der Waals surface area contributed by atoms with Gasteiger partial charge < -0.3 is 14.5 Å². The van der Waals surface area contributed by atoms with E-state index in [1.807, 2.05) is 30.3 Å². The van der Waals surface area contributed by atoms with Crippen molar-refractivity contribution >= 4 is 60.6 Å². The summed E-state index contributed by atoms with van der Waals surface area (Å²) in [4.78, 5) is 0. The van der Waals surface area contributed by atoms with Crippen molar-refractivity contribution in [2.24, 2.45) is 0 Å². The van der Waals surface area contributed by atoms with E-state index in [0.717, 1.165) is 55.2 Å². The number of hydrogen-bond acceptors (Lipinski definition) is 2. The maximum Gasteiger partial charge on any atom is 0.0999 e. The van der Waals surface area contributed by atoms with Gasteiger partial charge in [-0.15, -0.1) is 0 Å². The van der Waals surface area contributed by atoms with E-state index in [2.05, 4.69) is 130 Å². The predicted octanol–water partition coefficient (Wildman–Crippen LogP) is 10.6. The molecular formula is C42H26N4. The summed E-state index contributed by atoms with van der Waals surface area (Å²) in [5.41, 5.74) is 9.29. The fraction of sp³-hybridized carbons (Fsp3) is 0. The Morgan fingerprint density at radius 2 is 1.15 bits per heavy atom. The van der Waals surface area contributed by atoms with Crippen LogP contribution in [0.4, 0.5) is 0 Å². The van der Waals surface area contributed by atoms with Crippen LogP contribution in [0.2, 0.25) is 0 Å². The SMILES string of the molecule is N#Cc1ccc(-n2c3ccc(-c4ccccc4)cc3c3c4ccccc4ccc32)c(-n2c3ccccc3c3ccccc32)c1C=N. The largest absolute Gasteiger partial charge is 0.308 e. The third kappa shape index (κ3) is 3.63. The quantitative estimate of drug-likeness (QED) is 0.205. The van der Waals surface area contributed by atoms with E-state index in [9.17, 15) is 5.26 Å². The summed E-state index contributed by atoms with van der Waals surface area (Å²) in [5.74, 6) is 0. The molecule has 0 aliphatic heterocycles. The number of aromatic nitrogens is 2. The number of hydrogen-bond donors (Lipinski definition) is 1. The van der Waals surface area contributed by atoms with Gasteiger partial charge in [0.1, 0.15) is 0 Å². The molecule has 46 heavy (non-hydrogen) atoms. The number of benzene rings is 7. The van der Waals surface area contributed by atoms with Crippen LogP contribution in [0.1, 0.15) is 11.1 Å². The first-order valence-corrected chi connectivity index (χ1v) is 15.3. The molecule has 4 nitrogen and oxygen atoms in total. The van der Waals surface area contributed by atoms with Crippen molar-refractivity contribution < 1.29 is 0 Å². The molecule has 0 atom stereocenters. The molecule has 0 saturated heterocycles. The lowest BCUT2D eigenvalue weighted by Gasteiger charge is -2.20. The monoisotopic (exact) mass is 586 g/mol. The van der Waals surface area contributed by atoms with Crippen molar-refractivity contribution in [1.82, 2.24) is 9.13 Å². The van der Waals surface area contributed by atoms with E-state index in [1.165, 1.54) is 27.9 Å². The van der Waals surface area contributed by atoms with Gasteiger partial charge in [0.15, 0.2) is 0 Å². The van der Waals surface area contributed by atoms with Gasteiger partial charge in [-0.25, -0.2) is 0 Å². The highest BCUT2D eigenvalue weighted by molar-refractivity contribution is 6.22. The summed E-state index contributed by atoms with van der Waals surface area (Å²) in [6.07, 6.45) is 1.33. The second-order valence-corrected chi connectivity index (χ2v) is 11.6. The summed E-state index contributed by atoms with van der Waals surface area (Å²) >= 11 is 0. The molecule has 7 aromatic carbocycles. The molecule has 9 aromatic rings. The van der Waals surface area contributed by atoms with Crippen LogP contribution in [0.3, 0.4) is 0 Å². The Bertz CT molecular complexity index is 2670. The molecule has 0 amide bonds. The van der Waals surface area contributed by atoms with Gasteiger partial charge in [0.05, 0.1) is 45.1 Å². The van der Waals surface area contributed by atoms with E-state index in [-0.39, 0.29) is 0 Å². The Balaban J connectivity index is 1.48. The summed E-state index contributed by atoms with van der Waals surface area (Å²) in [6, 6.07) is 53.2. The highest BCUT2D eigenvalue weighted by Crippen LogP contribution is 2.42. The normalized spacial score (nSPS) is 11.5. The molecule has 9 rings (SSSR count). The first kappa shape index (κ1) is 26.0. The molecule has 214 valence electrons. The van der Waals surface area contributed by atoms with E-state index in [1.54, 1.807) is 0 Å². The average molecular weight is 587 g/mol. The molecule has 0 unspecified atom stereocenters. The van der Waals surface area contributed by atoms with Crippen molar-refractivity contribution in [1.29, 1.82) is 10.7 Å². The van der Waals surface area contributed by atoms with Crippen LogP contribution in [0.25, 0.3) is 76.9 Å². The van der Waals surface area contributed by atoms with Crippen molar-refractivity contribution in [3.05, 3.63) is 157 Å². The molecule has 0 radical (unpaired) electrons. The lowest BCUT2D eigenvalue weighted by Crippen LogP contribution is -2.08. The van der Waals surface area contributed by atoms with Gasteiger partial charge in [0.25, 0.3) is 0 Å². The molecule has 2 heterocycles. The molecule has 0 fully saturated rings. The molecular weight excluding hydrogens is 560 g/mol. The van der Waals surface area contributed by atoms with Crippen LogP contribution >= 0.6 is 0 Å². The average Bonchev–Trinajstić information content (AvgIpc) is 3.64. The van der Waals surface area contributed by atoms with Gasteiger partial charge in [-0.2, -0.15) is 5.26 Å². The smallest absolute Gasteiger partial charge is 0.0999 e. The number of nitriles is 1. The van der Waals surface area contributed by atoms with Crippen molar-refractivity contribution in [3.63, 3.8) is 0 Å². The molecule has 0 aliphatic rings. The lowest BCUT2D eigenvalue weighted by molar-refractivity contribution is 1.09. The standard InChI is InChI=1S/C42H26N4/c43-25-30-20-23-40(42(35(30)26-44)46-36-16-8-6-14-32(36)33-15-7-9-17-37(33)46)45-38-21-19-29(27-10-2-1-3-11-27)24-34(38)41-31-13-5-4-12-28(31)18-22-39(41)45/h1-24,26,44H. The Kier molecular flexibility index (Phi) is 5.68. The number of para-hydroxylation sites is 2. The van der Waals surface area contributed by atoms with Gasteiger partial charge in [0.2, 0.25) is 0 Å². The Morgan fingerprint density at radius 1 is 0.522 bits per heavy atom. The minimum atomic E-state index is 0.466. The molecule has 0 bridgehead atoms. The molecule has 2 aromatic heterocycles. The van der Waals surface area contributed by atoms with E-state index in [4.69, 9.17) is 5.41 Å². The fourth-order valence-electron chi connectivity index (χ4n) is 7.28. The summed E-state index contributed by atoms with van der Waals surface area (Å²) < 4.78 is 4.55. The minimum absolute atomic E-state index is 0.466. The van der Waals surface area contributed by atoms with Gasteiger partial charge in [0, 0.05) is 33.3 Å². The molecule has 4 heteroatoms.